The van der Waals surface area contributed by atoms with Crippen LogP contribution >= 0.6 is 11.3 Å². The molecule has 0 aliphatic carbocycles. The number of nitrogens with zero attached hydrogens (tertiary/aromatic N) is 1. The summed E-state index contributed by atoms with van der Waals surface area (Å²) in [5.74, 6) is -0.566. The molecule has 0 N–H and O–H groups in total. The highest BCUT2D eigenvalue weighted by Crippen LogP contribution is 2.29. The smallest absolute Gasteiger partial charge is 0.317 e. The lowest BCUT2D eigenvalue weighted by Gasteiger charge is -2.16. The molecule has 0 fully saturated rings. The van der Waals surface area contributed by atoms with Crippen LogP contribution < -0.4 is 4.90 Å². The summed E-state index contributed by atoms with van der Waals surface area (Å²) in [6.45, 7) is 0. The van der Waals surface area contributed by atoms with Crippen LogP contribution in [0.4, 0.5) is 5.69 Å². The van der Waals surface area contributed by atoms with Gasteiger partial charge in [-0.1, -0.05) is 12.1 Å². The second kappa shape index (κ2) is 5.89. The molecule has 4 heteroatoms. The molecule has 0 spiro atoms. The zero-order valence-corrected chi connectivity index (χ0v) is 12.1. The molecule has 0 saturated carbocycles. The number of hydrogen-bond donors (Lipinski definition) is 0. The minimum atomic E-state index is -0.340. The van der Waals surface area contributed by atoms with Crippen molar-refractivity contribution >= 4 is 23.0 Å². The van der Waals surface area contributed by atoms with Gasteiger partial charge in [0.25, 0.3) is 0 Å². The fraction of sp³-hybridized carbons (Fsp3) is 0.267. The molecule has 0 saturated heterocycles. The molecule has 2 aromatic rings. The van der Waals surface area contributed by atoms with Crippen LogP contribution in [0.1, 0.15) is 17.0 Å². The molecule has 0 aliphatic heterocycles. The Bertz CT molecular complexity index is 532. The number of rotatable bonds is 4. The topological polar surface area (TPSA) is 29.5 Å². The van der Waals surface area contributed by atoms with Crippen LogP contribution in [0.5, 0.6) is 0 Å². The van der Waals surface area contributed by atoms with E-state index in [1.807, 2.05) is 60.1 Å². The van der Waals surface area contributed by atoms with Gasteiger partial charge < -0.3 is 9.64 Å². The van der Waals surface area contributed by atoms with E-state index in [2.05, 4.69) is 0 Å². The average Bonchev–Trinajstić information content (AvgIpc) is 2.93. The van der Waals surface area contributed by atoms with E-state index < -0.39 is 0 Å². The van der Waals surface area contributed by atoms with Gasteiger partial charge in [0.2, 0.25) is 0 Å². The van der Waals surface area contributed by atoms with Crippen LogP contribution in [-0.4, -0.2) is 27.2 Å². The first-order valence-corrected chi connectivity index (χ1v) is 6.95. The molecule has 1 unspecified atom stereocenters. The number of anilines is 1. The summed E-state index contributed by atoms with van der Waals surface area (Å²) in [7, 11) is 5.41. The summed E-state index contributed by atoms with van der Waals surface area (Å²) in [4.78, 5) is 14.0. The molecule has 1 atom stereocenters. The Morgan fingerprint density at radius 1 is 1.16 bits per heavy atom. The quantitative estimate of drug-likeness (QED) is 0.803. The fourth-order valence-corrected chi connectivity index (χ4v) is 2.67. The van der Waals surface area contributed by atoms with Crippen molar-refractivity contribution in [2.75, 3.05) is 26.1 Å². The molecule has 0 aliphatic rings. The number of carbonyl (C=O) groups is 1. The van der Waals surface area contributed by atoms with Gasteiger partial charge in [0.15, 0.2) is 0 Å². The summed E-state index contributed by atoms with van der Waals surface area (Å²) >= 11 is 1.58. The van der Waals surface area contributed by atoms with Gasteiger partial charge >= 0.3 is 5.97 Å². The Morgan fingerprint density at radius 2 is 1.84 bits per heavy atom. The first-order chi connectivity index (χ1) is 9.13. The van der Waals surface area contributed by atoms with Crippen molar-refractivity contribution in [1.29, 1.82) is 0 Å². The lowest BCUT2D eigenvalue weighted by atomic mass is 9.93. The predicted octanol–water partition coefficient (Wildman–Crippen LogP) is 3.12. The van der Waals surface area contributed by atoms with E-state index in [0.29, 0.717) is 0 Å². The number of carbonyl (C=O) groups excluding carboxylic acids is 1. The third-order valence-corrected chi connectivity index (χ3v) is 3.76. The third kappa shape index (κ3) is 2.96. The lowest BCUT2D eigenvalue weighted by molar-refractivity contribution is -0.141. The highest BCUT2D eigenvalue weighted by atomic mass is 32.1. The zero-order chi connectivity index (χ0) is 13.8. The van der Waals surface area contributed by atoms with E-state index in [1.165, 1.54) is 7.11 Å². The Hall–Kier alpha value is -1.81. The number of esters is 1. The molecule has 100 valence electrons. The average molecular weight is 275 g/mol. The fourth-order valence-electron chi connectivity index (χ4n) is 1.99. The maximum atomic E-state index is 12.0. The number of ether oxygens (including phenoxy) is 1. The van der Waals surface area contributed by atoms with Crippen molar-refractivity contribution in [2.24, 2.45) is 0 Å². The highest BCUT2D eigenvalue weighted by Gasteiger charge is 2.23. The Balaban J connectivity index is 2.36. The third-order valence-electron chi connectivity index (χ3n) is 3.06. The minimum Gasteiger partial charge on any atom is -0.468 e. The molecular weight excluding hydrogens is 258 g/mol. The van der Waals surface area contributed by atoms with E-state index in [9.17, 15) is 4.79 Å². The number of hydrogen-bond acceptors (Lipinski definition) is 4. The van der Waals surface area contributed by atoms with Gasteiger partial charge in [0, 0.05) is 19.8 Å². The lowest BCUT2D eigenvalue weighted by Crippen LogP contribution is -2.15. The van der Waals surface area contributed by atoms with Gasteiger partial charge in [0.05, 0.1) is 7.11 Å². The summed E-state index contributed by atoms with van der Waals surface area (Å²) in [6, 6.07) is 9.95. The molecule has 0 amide bonds. The second-order valence-electron chi connectivity index (χ2n) is 4.50. The molecule has 1 aromatic heterocycles. The van der Waals surface area contributed by atoms with Gasteiger partial charge in [-0.25, -0.2) is 0 Å². The van der Waals surface area contributed by atoms with Crippen molar-refractivity contribution in [2.45, 2.75) is 5.92 Å². The van der Waals surface area contributed by atoms with E-state index in [4.69, 9.17) is 4.74 Å². The summed E-state index contributed by atoms with van der Waals surface area (Å²) in [5.41, 5.74) is 3.04. The monoisotopic (exact) mass is 275 g/mol. The molecule has 2 rings (SSSR count). The Kier molecular flexibility index (Phi) is 4.22. The van der Waals surface area contributed by atoms with Gasteiger partial charge in [0.1, 0.15) is 5.92 Å². The molecule has 0 bridgehead atoms. The molecule has 0 radical (unpaired) electrons. The van der Waals surface area contributed by atoms with Crippen LogP contribution in [0.25, 0.3) is 0 Å². The van der Waals surface area contributed by atoms with Gasteiger partial charge in [-0.3, -0.25) is 4.79 Å². The number of thiophene rings is 1. The SMILES string of the molecule is COC(=O)C(c1ccc(N(C)C)cc1)c1ccsc1. The molecular formula is C15H17NO2S. The van der Waals surface area contributed by atoms with Gasteiger partial charge in [-0.2, -0.15) is 11.3 Å². The van der Waals surface area contributed by atoms with Crippen LogP contribution in [0.15, 0.2) is 41.1 Å². The maximum absolute atomic E-state index is 12.0. The number of benzene rings is 1. The zero-order valence-electron chi connectivity index (χ0n) is 11.3. The Morgan fingerprint density at radius 3 is 2.32 bits per heavy atom. The highest BCUT2D eigenvalue weighted by molar-refractivity contribution is 7.08. The second-order valence-corrected chi connectivity index (χ2v) is 5.28. The van der Waals surface area contributed by atoms with Crippen molar-refractivity contribution in [3.05, 3.63) is 52.2 Å². The van der Waals surface area contributed by atoms with E-state index in [1.54, 1.807) is 11.3 Å². The van der Waals surface area contributed by atoms with Crippen molar-refractivity contribution in [3.8, 4) is 0 Å². The molecule has 3 nitrogen and oxygen atoms in total. The standard InChI is InChI=1S/C15H17NO2S/c1-16(2)13-6-4-11(5-7-13)14(15(17)18-3)12-8-9-19-10-12/h4-10,14H,1-3H3. The minimum absolute atomic E-state index is 0.226. The van der Waals surface area contributed by atoms with E-state index in [-0.39, 0.29) is 11.9 Å². The first kappa shape index (κ1) is 13.6. The van der Waals surface area contributed by atoms with Crippen LogP contribution in [0, 0.1) is 0 Å². The molecule has 1 heterocycles. The summed E-state index contributed by atoms with van der Waals surface area (Å²) in [5, 5.41) is 3.96. The largest absolute Gasteiger partial charge is 0.468 e. The van der Waals surface area contributed by atoms with Gasteiger partial charge in [-0.15, -0.1) is 0 Å². The summed E-state index contributed by atoms with van der Waals surface area (Å²) in [6.07, 6.45) is 0. The van der Waals surface area contributed by atoms with Crippen LogP contribution in [-0.2, 0) is 9.53 Å². The van der Waals surface area contributed by atoms with Crippen molar-refractivity contribution in [3.63, 3.8) is 0 Å². The van der Waals surface area contributed by atoms with Crippen LogP contribution in [0.3, 0.4) is 0 Å². The maximum Gasteiger partial charge on any atom is 0.317 e. The van der Waals surface area contributed by atoms with Gasteiger partial charge in [-0.05, 0) is 40.1 Å². The molecule has 1 aromatic carbocycles. The van der Waals surface area contributed by atoms with Crippen LogP contribution in [0.2, 0.25) is 0 Å². The normalized spacial score (nSPS) is 11.9. The number of methoxy groups -OCH3 is 1. The summed E-state index contributed by atoms with van der Waals surface area (Å²) < 4.78 is 4.92. The van der Waals surface area contributed by atoms with E-state index in [0.717, 1.165) is 16.8 Å². The van der Waals surface area contributed by atoms with Crippen molar-refractivity contribution in [1.82, 2.24) is 0 Å². The van der Waals surface area contributed by atoms with E-state index >= 15 is 0 Å². The molecule has 19 heavy (non-hydrogen) atoms. The van der Waals surface area contributed by atoms with Crippen molar-refractivity contribution < 1.29 is 9.53 Å². The first-order valence-electron chi connectivity index (χ1n) is 6.00. The predicted molar refractivity (Wildman–Crippen MR) is 78.9 cm³/mol. The Labute approximate surface area is 117 Å².